The molecule has 7 heteroatoms. The number of aliphatic hydroxyl groups excluding tert-OH is 1. The van der Waals surface area contributed by atoms with Crippen LogP contribution in [0.25, 0.3) is 33.4 Å². The Morgan fingerprint density at radius 2 is 1.93 bits per heavy atom. The molecule has 0 aliphatic carbocycles. The van der Waals surface area contributed by atoms with Gasteiger partial charge in [0.1, 0.15) is 5.52 Å². The largest absolute Gasteiger partial charge is 0.394 e. The summed E-state index contributed by atoms with van der Waals surface area (Å²) in [4.78, 5) is 22.4. The molecule has 142 valence electrons. The van der Waals surface area contributed by atoms with E-state index in [1.165, 1.54) is 10.9 Å². The molecule has 0 fully saturated rings. The predicted octanol–water partition coefficient (Wildman–Crippen LogP) is 2.72. The molecule has 1 N–H and O–H groups in total. The fourth-order valence-corrected chi connectivity index (χ4v) is 3.16. The molecule has 1 unspecified atom stereocenters. The standard InChI is InChI=1S/C21H21N5O2/c1-13-4-6-15(7-5-13)19-20-17(21(28)26(12-22-20)14(2)11-27)8-18(24-19)16-9-23-25(3)10-16/h4-10,12,14,27H,11H2,1-3H3. The van der Waals surface area contributed by atoms with Gasteiger partial charge in [0.05, 0.1) is 41.9 Å². The molecule has 0 saturated heterocycles. The highest BCUT2D eigenvalue weighted by Gasteiger charge is 2.17. The molecule has 3 heterocycles. The average Bonchev–Trinajstić information content (AvgIpc) is 3.14. The minimum atomic E-state index is -0.359. The second kappa shape index (κ2) is 7.01. The van der Waals surface area contributed by atoms with Crippen molar-refractivity contribution in [3.8, 4) is 22.5 Å². The molecule has 1 atom stereocenters. The lowest BCUT2D eigenvalue weighted by molar-refractivity contribution is 0.236. The number of benzene rings is 1. The summed E-state index contributed by atoms with van der Waals surface area (Å²) in [5.41, 5.74) is 4.50. The number of aromatic nitrogens is 5. The molecule has 4 aromatic rings. The molecular weight excluding hydrogens is 354 g/mol. The van der Waals surface area contributed by atoms with Gasteiger partial charge in [0.15, 0.2) is 0 Å². The van der Waals surface area contributed by atoms with Crippen molar-refractivity contribution in [1.82, 2.24) is 24.3 Å². The van der Waals surface area contributed by atoms with Gasteiger partial charge in [-0.05, 0) is 19.9 Å². The maximum atomic E-state index is 13.1. The summed E-state index contributed by atoms with van der Waals surface area (Å²) in [5.74, 6) is 0. The van der Waals surface area contributed by atoms with Crippen LogP contribution in [-0.4, -0.2) is 36.0 Å². The van der Waals surface area contributed by atoms with Gasteiger partial charge in [0.2, 0.25) is 0 Å². The molecule has 0 aliphatic heterocycles. The number of fused-ring (bicyclic) bond motifs is 1. The highest BCUT2D eigenvalue weighted by atomic mass is 16.3. The molecule has 7 nitrogen and oxygen atoms in total. The third-order valence-corrected chi connectivity index (χ3v) is 4.83. The van der Waals surface area contributed by atoms with Crippen molar-refractivity contribution in [3.05, 3.63) is 65.0 Å². The lowest BCUT2D eigenvalue weighted by Crippen LogP contribution is -2.25. The third kappa shape index (κ3) is 3.10. The zero-order chi connectivity index (χ0) is 19.8. The van der Waals surface area contributed by atoms with Crippen LogP contribution >= 0.6 is 0 Å². The van der Waals surface area contributed by atoms with Crippen LogP contribution in [0.1, 0.15) is 18.5 Å². The van der Waals surface area contributed by atoms with Gasteiger partial charge in [-0.1, -0.05) is 29.8 Å². The normalized spacial score (nSPS) is 12.4. The number of pyridine rings is 1. The Kier molecular flexibility index (Phi) is 4.52. The minimum Gasteiger partial charge on any atom is -0.394 e. The van der Waals surface area contributed by atoms with Crippen LogP contribution in [0.3, 0.4) is 0 Å². The highest BCUT2D eigenvalue weighted by molar-refractivity contribution is 5.93. The number of nitrogens with zero attached hydrogens (tertiary/aromatic N) is 5. The highest BCUT2D eigenvalue weighted by Crippen LogP contribution is 2.29. The second-order valence-corrected chi connectivity index (χ2v) is 7.01. The molecule has 0 radical (unpaired) electrons. The van der Waals surface area contributed by atoms with Crippen molar-refractivity contribution in [2.24, 2.45) is 7.05 Å². The van der Waals surface area contributed by atoms with E-state index in [1.807, 2.05) is 44.4 Å². The van der Waals surface area contributed by atoms with E-state index >= 15 is 0 Å². The van der Waals surface area contributed by atoms with E-state index in [1.54, 1.807) is 23.9 Å². The molecule has 1 aromatic carbocycles. The Bertz CT molecular complexity index is 1210. The fraction of sp³-hybridized carbons (Fsp3) is 0.238. The fourth-order valence-electron chi connectivity index (χ4n) is 3.16. The zero-order valence-electron chi connectivity index (χ0n) is 16.0. The van der Waals surface area contributed by atoms with Crippen molar-refractivity contribution >= 4 is 10.9 Å². The summed E-state index contributed by atoms with van der Waals surface area (Å²) >= 11 is 0. The Hall–Kier alpha value is -3.32. The zero-order valence-corrected chi connectivity index (χ0v) is 16.0. The summed E-state index contributed by atoms with van der Waals surface area (Å²) in [6.07, 6.45) is 5.06. The third-order valence-electron chi connectivity index (χ3n) is 4.83. The first-order chi connectivity index (χ1) is 13.5. The molecule has 0 aliphatic rings. The first-order valence-electron chi connectivity index (χ1n) is 9.06. The molecule has 0 spiro atoms. The van der Waals surface area contributed by atoms with E-state index in [9.17, 15) is 9.90 Å². The maximum Gasteiger partial charge on any atom is 0.261 e. The van der Waals surface area contributed by atoms with Gasteiger partial charge in [-0.3, -0.25) is 14.0 Å². The topological polar surface area (TPSA) is 85.8 Å². The van der Waals surface area contributed by atoms with Crippen molar-refractivity contribution in [3.63, 3.8) is 0 Å². The minimum absolute atomic E-state index is 0.140. The van der Waals surface area contributed by atoms with E-state index in [4.69, 9.17) is 4.98 Å². The Labute approximate surface area is 161 Å². The lowest BCUT2D eigenvalue weighted by Gasteiger charge is -2.14. The first kappa shape index (κ1) is 18.1. The van der Waals surface area contributed by atoms with Gasteiger partial charge in [-0.2, -0.15) is 5.10 Å². The summed E-state index contributed by atoms with van der Waals surface area (Å²) in [7, 11) is 1.84. The van der Waals surface area contributed by atoms with Gasteiger partial charge < -0.3 is 5.11 Å². The maximum absolute atomic E-state index is 13.1. The molecule has 0 amide bonds. The predicted molar refractivity (Wildman–Crippen MR) is 108 cm³/mol. The van der Waals surface area contributed by atoms with Crippen LogP contribution in [0.2, 0.25) is 0 Å². The Balaban J connectivity index is 2.04. The van der Waals surface area contributed by atoms with Crippen molar-refractivity contribution in [2.75, 3.05) is 6.61 Å². The lowest BCUT2D eigenvalue weighted by atomic mass is 10.0. The van der Waals surface area contributed by atoms with Gasteiger partial charge in [-0.15, -0.1) is 0 Å². The molecular formula is C21H21N5O2. The van der Waals surface area contributed by atoms with Gasteiger partial charge in [0, 0.05) is 24.4 Å². The van der Waals surface area contributed by atoms with Crippen LogP contribution in [0, 0.1) is 6.92 Å². The Morgan fingerprint density at radius 1 is 1.18 bits per heavy atom. The van der Waals surface area contributed by atoms with Gasteiger partial charge in [0.25, 0.3) is 5.56 Å². The monoisotopic (exact) mass is 375 g/mol. The molecule has 3 aromatic heterocycles. The van der Waals surface area contributed by atoms with Crippen LogP contribution in [0.5, 0.6) is 0 Å². The van der Waals surface area contributed by atoms with Crippen LogP contribution in [0.4, 0.5) is 0 Å². The Morgan fingerprint density at radius 3 is 2.57 bits per heavy atom. The van der Waals surface area contributed by atoms with Crippen molar-refractivity contribution < 1.29 is 5.11 Å². The molecule has 0 bridgehead atoms. The summed E-state index contributed by atoms with van der Waals surface area (Å²) in [6.45, 7) is 3.66. The van der Waals surface area contributed by atoms with Crippen LogP contribution < -0.4 is 5.56 Å². The van der Waals surface area contributed by atoms with E-state index in [0.717, 1.165) is 16.7 Å². The van der Waals surface area contributed by atoms with Crippen LogP contribution in [-0.2, 0) is 7.05 Å². The van der Waals surface area contributed by atoms with E-state index in [0.29, 0.717) is 22.3 Å². The number of aryl methyl sites for hydroxylation is 2. The molecule has 28 heavy (non-hydrogen) atoms. The van der Waals surface area contributed by atoms with Crippen LogP contribution in [0.15, 0.2) is 53.8 Å². The smallest absolute Gasteiger partial charge is 0.261 e. The summed E-state index contributed by atoms with van der Waals surface area (Å²) < 4.78 is 3.15. The van der Waals surface area contributed by atoms with Crippen molar-refractivity contribution in [2.45, 2.75) is 19.9 Å². The number of aliphatic hydroxyl groups is 1. The SMILES string of the molecule is Cc1ccc(-c2nc(-c3cnn(C)c3)cc3c(=O)n(C(C)CO)cnc23)cc1. The number of rotatable bonds is 4. The van der Waals surface area contributed by atoms with E-state index in [-0.39, 0.29) is 18.2 Å². The van der Waals surface area contributed by atoms with Gasteiger partial charge >= 0.3 is 0 Å². The summed E-state index contributed by atoms with van der Waals surface area (Å²) in [6, 6.07) is 9.37. The number of hydrogen-bond acceptors (Lipinski definition) is 5. The summed E-state index contributed by atoms with van der Waals surface area (Å²) in [5, 5.41) is 14.1. The molecule has 0 saturated carbocycles. The van der Waals surface area contributed by atoms with Crippen molar-refractivity contribution in [1.29, 1.82) is 0 Å². The number of hydrogen-bond donors (Lipinski definition) is 1. The van der Waals surface area contributed by atoms with E-state index < -0.39 is 0 Å². The van der Waals surface area contributed by atoms with E-state index in [2.05, 4.69) is 10.1 Å². The quantitative estimate of drug-likeness (QED) is 0.593. The first-order valence-corrected chi connectivity index (χ1v) is 9.06. The second-order valence-electron chi connectivity index (χ2n) is 7.01. The van der Waals surface area contributed by atoms with Gasteiger partial charge in [-0.25, -0.2) is 9.97 Å². The average molecular weight is 375 g/mol. The molecule has 4 rings (SSSR count).